The molecule has 0 fully saturated rings. The normalized spacial score (nSPS) is 12.2. The molecule has 6 heteroatoms. The van der Waals surface area contributed by atoms with Gasteiger partial charge < -0.3 is 5.32 Å². The van der Waals surface area contributed by atoms with E-state index in [0.717, 1.165) is 5.56 Å². The van der Waals surface area contributed by atoms with E-state index in [4.69, 9.17) is 23.2 Å². The predicted octanol–water partition coefficient (Wildman–Crippen LogP) is 3.91. The molecule has 1 aromatic heterocycles. The number of aromatic nitrogens is 2. The fraction of sp³-hybridized carbons (Fsp3) is 0.267. The number of carbonyl (C=O) groups is 1. The van der Waals surface area contributed by atoms with Crippen LogP contribution in [0.2, 0.25) is 10.2 Å². The molecule has 2 rings (SSSR count). The molecule has 0 bridgehead atoms. The summed E-state index contributed by atoms with van der Waals surface area (Å²) in [5.74, 6) is -0.0964. The zero-order chi connectivity index (χ0) is 15.4. The molecule has 4 nitrogen and oxygen atoms in total. The quantitative estimate of drug-likeness (QED) is 0.928. The highest BCUT2D eigenvalue weighted by atomic mass is 35.5. The summed E-state index contributed by atoms with van der Waals surface area (Å²) in [5.41, 5.74) is 1.18. The van der Waals surface area contributed by atoms with Crippen molar-refractivity contribution in [1.82, 2.24) is 15.3 Å². The van der Waals surface area contributed by atoms with Gasteiger partial charge in [-0.2, -0.15) is 0 Å². The van der Waals surface area contributed by atoms with Gasteiger partial charge in [0, 0.05) is 5.02 Å². The molecule has 110 valence electrons. The molecule has 0 saturated carbocycles. The molecule has 1 N–H and O–H groups in total. The maximum absolute atomic E-state index is 12.3. The van der Waals surface area contributed by atoms with Crippen LogP contribution in [0.1, 0.15) is 35.9 Å². The Bertz CT molecular complexity index is 629. The first-order valence-corrected chi connectivity index (χ1v) is 7.27. The van der Waals surface area contributed by atoms with Gasteiger partial charge in [-0.3, -0.25) is 9.78 Å². The maximum Gasteiger partial charge on any atom is 0.272 e. The Morgan fingerprint density at radius 1 is 1.14 bits per heavy atom. The molecule has 0 aliphatic carbocycles. The van der Waals surface area contributed by atoms with Gasteiger partial charge in [-0.25, -0.2) is 4.98 Å². The first-order valence-electron chi connectivity index (χ1n) is 6.51. The number of halogens is 2. The number of hydrogen-bond donors (Lipinski definition) is 1. The first-order chi connectivity index (χ1) is 9.97. The molecule has 1 amide bonds. The van der Waals surface area contributed by atoms with Gasteiger partial charge in [0.05, 0.1) is 18.4 Å². The highest BCUT2D eigenvalue weighted by Crippen LogP contribution is 2.23. The lowest BCUT2D eigenvalue weighted by Gasteiger charge is -2.22. The average molecular weight is 324 g/mol. The Balaban J connectivity index is 2.20. The van der Waals surface area contributed by atoms with Gasteiger partial charge in [-0.15, -0.1) is 0 Å². The number of nitrogens with one attached hydrogen (secondary N) is 1. The van der Waals surface area contributed by atoms with Crippen molar-refractivity contribution in [2.75, 3.05) is 0 Å². The molecule has 0 aliphatic heterocycles. The summed E-state index contributed by atoms with van der Waals surface area (Å²) >= 11 is 11.6. The van der Waals surface area contributed by atoms with Crippen LogP contribution in [-0.4, -0.2) is 15.9 Å². The van der Waals surface area contributed by atoms with E-state index in [0.29, 0.717) is 5.02 Å². The molecule has 0 saturated heterocycles. The number of rotatable bonds is 4. The van der Waals surface area contributed by atoms with E-state index in [1.807, 2.05) is 26.0 Å². The van der Waals surface area contributed by atoms with Crippen molar-refractivity contribution in [3.63, 3.8) is 0 Å². The molecule has 0 aliphatic rings. The van der Waals surface area contributed by atoms with Crippen LogP contribution in [0.3, 0.4) is 0 Å². The zero-order valence-electron chi connectivity index (χ0n) is 11.7. The molecule has 1 atom stereocenters. The van der Waals surface area contributed by atoms with E-state index in [1.54, 1.807) is 12.1 Å². The van der Waals surface area contributed by atoms with Crippen molar-refractivity contribution in [3.05, 3.63) is 58.1 Å². The van der Waals surface area contributed by atoms with Crippen molar-refractivity contribution in [3.8, 4) is 0 Å². The van der Waals surface area contributed by atoms with Crippen molar-refractivity contribution >= 4 is 29.1 Å². The van der Waals surface area contributed by atoms with Crippen LogP contribution in [0.4, 0.5) is 0 Å². The number of hydrogen-bond acceptors (Lipinski definition) is 3. The molecular formula is C15H15Cl2N3O. The predicted molar refractivity (Wildman–Crippen MR) is 83.5 cm³/mol. The van der Waals surface area contributed by atoms with E-state index in [2.05, 4.69) is 15.3 Å². The zero-order valence-corrected chi connectivity index (χ0v) is 13.2. The van der Waals surface area contributed by atoms with Crippen molar-refractivity contribution in [2.24, 2.45) is 5.92 Å². The number of amides is 1. The third kappa shape index (κ3) is 4.16. The largest absolute Gasteiger partial charge is 0.344 e. The average Bonchev–Trinajstić information content (AvgIpc) is 2.45. The van der Waals surface area contributed by atoms with Crippen LogP contribution >= 0.6 is 23.2 Å². The summed E-state index contributed by atoms with van der Waals surface area (Å²) in [5, 5.41) is 3.80. The van der Waals surface area contributed by atoms with Gasteiger partial charge in [-0.05, 0) is 23.6 Å². The second kappa shape index (κ2) is 6.87. The van der Waals surface area contributed by atoms with E-state index in [1.165, 1.54) is 12.4 Å². The van der Waals surface area contributed by atoms with Crippen LogP contribution in [0, 0.1) is 5.92 Å². The van der Waals surface area contributed by atoms with Gasteiger partial charge in [-0.1, -0.05) is 49.2 Å². The Labute approximate surface area is 133 Å². The fourth-order valence-corrected chi connectivity index (χ4v) is 2.25. The second-order valence-electron chi connectivity index (χ2n) is 4.97. The van der Waals surface area contributed by atoms with Crippen molar-refractivity contribution in [2.45, 2.75) is 19.9 Å². The van der Waals surface area contributed by atoms with Crippen LogP contribution in [0.25, 0.3) is 0 Å². The van der Waals surface area contributed by atoms with Gasteiger partial charge in [0.1, 0.15) is 10.8 Å². The standard InChI is InChI=1S/C15H15Cl2N3O/c1-9(2)14(10-3-5-11(16)6-4-10)20-15(21)12-7-18-8-13(17)19-12/h3-9,14H,1-2H3,(H,20,21). The lowest BCUT2D eigenvalue weighted by atomic mass is 9.96. The minimum Gasteiger partial charge on any atom is -0.344 e. The summed E-state index contributed by atoms with van der Waals surface area (Å²) in [6.07, 6.45) is 2.78. The molecule has 1 aromatic carbocycles. The van der Waals surface area contributed by atoms with Gasteiger partial charge in [0.2, 0.25) is 0 Å². The minimum atomic E-state index is -0.307. The third-order valence-corrected chi connectivity index (χ3v) is 3.45. The summed E-state index contributed by atoms with van der Waals surface area (Å²) in [6, 6.07) is 7.26. The molecule has 2 aromatic rings. The van der Waals surface area contributed by atoms with Crippen LogP contribution in [-0.2, 0) is 0 Å². The first kappa shape index (κ1) is 15.7. The maximum atomic E-state index is 12.3. The summed E-state index contributed by atoms with van der Waals surface area (Å²) in [4.78, 5) is 20.1. The van der Waals surface area contributed by atoms with E-state index >= 15 is 0 Å². The minimum absolute atomic E-state index is 0.143. The number of carbonyl (C=O) groups excluding carboxylic acids is 1. The Hall–Kier alpha value is -1.65. The Morgan fingerprint density at radius 3 is 2.38 bits per heavy atom. The van der Waals surface area contributed by atoms with Crippen LogP contribution in [0.15, 0.2) is 36.7 Å². The topological polar surface area (TPSA) is 54.9 Å². The lowest BCUT2D eigenvalue weighted by Crippen LogP contribution is -2.32. The number of benzene rings is 1. The number of nitrogens with zero attached hydrogens (tertiary/aromatic N) is 2. The fourth-order valence-electron chi connectivity index (χ4n) is 1.97. The SMILES string of the molecule is CC(C)C(NC(=O)c1cncc(Cl)n1)c1ccc(Cl)cc1. The molecule has 21 heavy (non-hydrogen) atoms. The van der Waals surface area contributed by atoms with E-state index in [9.17, 15) is 4.79 Å². The Morgan fingerprint density at radius 2 is 1.81 bits per heavy atom. The van der Waals surface area contributed by atoms with Gasteiger partial charge >= 0.3 is 0 Å². The second-order valence-corrected chi connectivity index (χ2v) is 5.80. The highest BCUT2D eigenvalue weighted by Gasteiger charge is 2.20. The third-order valence-electron chi connectivity index (χ3n) is 3.02. The van der Waals surface area contributed by atoms with E-state index in [-0.39, 0.29) is 28.7 Å². The molecule has 1 heterocycles. The smallest absolute Gasteiger partial charge is 0.272 e. The molecule has 1 unspecified atom stereocenters. The monoisotopic (exact) mass is 323 g/mol. The van der Waals surface area contributed by atoms with Gasteiger partial charge in [0.15, 0.2) is 0 Å². The molecule has 0 spiro atoms. The molecular weight excluding hydrogens is 309 g/mol. The molecule has 0 radical (unpaired) electrons. The summed E-state index contributed by atoms with van der Waals surface area (Å²) in [6.45, 7) is 4.06. The summed E-state index contributed by atoms with van der Waals surface area (Å²) in [7, 11) is 0. The highest BCUT2D eigenvalue weighted by molar-refractivity contribution is 6.30. The van der Waals surface area contributed by atoms with Crippen LogP contribution in [0.5, 0.6) is 0 Å². The van der Waals surface area contributed by atoms with Gasteiger partial charge in [0.25, 0.3) is 5.91 Å². The lowest BCUT2D eigenvalue weighted by molar-refractivity contribution is 0.0920. The summed E-state index contributed by atoms with van der Waals surface area (Å²) < 4.78 is 0. The van der Waals surface area contributed by atoms with Crippen LogP contribution < -0.4 is 5.32 Å². The Kier molecular flexibility index (Phi) is 5.15. The van der Waals surface area contributed by atoms with E-state index < -0.39 is 0 Å². The van der Waals surface area contributed by atoms with Crippen molar-refractivity contribution < 1.29 is 4.79 Å². The van der Waals surface area contributed by atoms with Crippen molar-refractivity contribution in [1.29, 1.82) is 0 Å².